The molecule has 1 heterocycles. The lowest BCUT2D eigenvalue weighted by atomic mass is 9.97. The Morgan fingerprint density at radius 1 is 1.47 bits per heavy atom. The predicted molar refractivity (Wildman–Crippen MR) is 73.0 cm³/mol. The Morgan fingerprint density at radius 2 is 2.26 bits per heavy atom. The van der Waals surface area contributed by atoms with Crippen LogP contribution in [0.25, 0.3) is 0 Å². The van der Waals surface area contributed by atoms with E-state index in [1.165, 1.54) is 0 Å². The summed E-state index contributed by atoms with van der Waals surface area (Å²) >= 11 is 0. The first-order chi connectivity index (χ1) is 9.17. The molecular formula is C15H17N3O. The van der Waals surface area contributed by atoms with Gasteiger partial charge in [0.15, 0.2) is 0 Å². The minimum atomic E-state index is -0.352. The summed E-state index contributed by atoms with van der Waals surface area (Å²) in [5, 5.41) is 9.40. The van der Waals surface area contributed by atoms with Crippen LogP contribution in [-0.2, 0) is 7.05 Å². The van der Waals surface area contributed by atoms with Crippen LogP contribution in [0.4, 0.5) is 0 Å². The second-order valence-corrected chi connectivity index (χ2v) is 4.42. The number of rotatable bonds is 4. The Kier molecular flexibility index (Phi) is 3.86. The van der Waals surface area contributed by atoms with Crippen LogP contribution >= 0.6 is 0 Å². The molecule has 1 atom stereocenters. The van der Waals surface area contributed by atoms with Crippen molar-refractivity contribution in [2.24, 2.45) is 7.05 Å². The van der Waals surface area contributed by atoms with E-state index in [0.717, 1.165) is 22.7 Å². The molecule has 0 radical (unpaired) electrons. The Balaban J connectivity index is 2.38. The quantitative estimate of drug-likeness (QED) is 0.844. The molecule has 0 fully saturated rings. The molecule has 0 saturated carbocycles. The van der Waals surface area contributed by atoms with E-state index in [4.69, 9.17) is 4.74 Å². The van der Waals surface area contributed by atoms with E-state index < -0.39 is 0 Å². The third-order valence-electron chi connectivity index (χ3n) is 3.08. The molecule has 0 aliphatic heterocycles. The van der Waals surface area contributed by atoms with E-state index in [0.29, 0.717) is 6.61 Å². The Labute approximate surface area is 113 Å². The molecule has 1 unspecified atom stereocenters. The number of aryl methyl sites for hydroxylation is 2. The number of imidazole rings is 1. The van der Waals surface area contributed by atoms with Crippen LogP contribution in [0.5, 0.6) is 5.75 Å². The van der Waals surface area contributed by atoms with Gasteiger partial charge in [-0.05, 0) is 31.0 Å². The average molecular weight is 255 g/mol. The van der Waals surface area contributed by atoms with Crippen molar-refractivity contribution < 1.29 is 4.74 Å². The van der Waals surface area contributed by atoms with Crippen molar-refractivity contribution in [1.29, 1.82) is 5.26 Å². The van der Waals surface area contributed by atoms with E-state index in [1.807, 2.05) is 49.9 Å². The van der Waals surface area contributed by atoms with E-state index in [2.05, 4.69) is 11.1 Å². The van der Waals surface area contributed by atoms with E-state index >= 15 is 0 Å². The molecule has 0 bridgehead atoms. The summed E-state index contributed by atoms with van der Waals surface area (Å²) in [6.07, 6.45) is 3.56. The molecule has 2 aromatic rings. The van der Waals surface area contributed by atoms with Crippen molar-refractivity contribution in [3.8, 4) is 11.8 Å². The first-order valence-corrected chi connectivity index (χ1v) is 6.27. The van der Waals surface area contributed by atoms with E-state index in [-0.39, 0.29) is 5.92 Å². The number of nitriles is 1. The third kappa shape index (κ3) is 2.60. The van der Waals surface area contributed by atoms with Gasteiger partial charge in [-0.25, -0.2) is 4.98 Å². The standard InChI is InChI=1S/C15H17N3O/c1-4-19-14-6-5-12(9-11(14)2)13(10-16)15-17-7-8-18(15)3/h5-9,13H,4H2,1-3H3. The molecule has 0 spiro atoms. The molecule has 0 amide bonds. The van der Waals surface area contributed by atoms with Crippen molar-refractivity contribution in [2.75, 3.05) is 6.61 Å². The number of aromatic nitrogens is 2. The maximum Gasteiger partial charge on any atom is 0.130 e. The lowest BCUT2D eigenvalue weighted by molar-refractivity contribution is 0.338. The average Bonchev–Trinajstić information content (AvgIpc) is 2.80. The van der Waals surface area contributed by atoms with Crippen LogP contribution in [0, 0.1) is 18.3 Å². The molecule has 4 heteroatoms. The molecule has 2 rings (SSSR count). The Hall–Kier alpha value is -2.28. The molecule has 1 aromatic carbocycles. The minimum Gasteiger partial charge on any atom is -0.494 e. The van der Waals surface area contributed by atoms with Gasteiger partial charge in [-0.3, -0.25) is 0 Å². The largest absolute Gasteiger partial charge is 0.494 e. The van der Waals surface area contributed by atoms with Crippen LogP contribution in [-0.4, -0.2) is 16.2 Å². The van der Waals surface area contributed by atoms with Gasteiger partial charge in [-0.1, -0.05) is 12.1 Å². The highest BCUT2D eigenvalue weighted by Gasteiger charge is 2.18. The van der Waals surface area contributed by atoms with Gasteiger partial charge in [-0.2, -0.15) is 5.26 Å². The number of hydrogen-bond acceptors (Lipinski definition) is 3. The van der Waals surface area contributed by atoms with Crippen LogP contribution in [0.3, 0.4) is 0 Å². The maximum atomic E-state index is 9.40. The fourth-order valence-electron chi connectivity index (χ4n) is 2.11. The molecular weight excluding hydrogens is 238 g/mol. The van der Waals surface area contributed by atoms with Crippen molar-refractivity contribution in [1.82, 2.24) is 9.55 Å². The molecule has 0 aliphatic rings. The van der Waals surface area contributed by atoms with E-state index in [9.17, 15) is 5.26 Å². The fourth-order valence-corrected chi connectivity index (χ4v) is 2.11. The van der Waals surface area contributed by atoms with Crippen LogP contribution < -0.4 is 4.74 Å². The lowest BCUT2D eigenvalue weighted by Gasteiger charge is -2.13. The summed E-state index contributed by atoms with van der Waals surface area (Å²) in [5.41, 5.74) is 1.98. The van der Waals surface area contributed by atoms with Gasteiger partial charge in [0, 0.05) is 19.4 Å². The zero-order valence-electron chi connectivity index (χ0n) is 11.4. The Morgan fingerprint density at radius 3 is 2.79 bits per heavy atom. The number of benzene rings is 1. The van der Waals surface area contributed by atoms with Crippen LogP contribution in [0.1, 0.15) is 29.8 Å². The predicted octanol–water partition coefficient (Wildman–Crippen LogP) is 2.78. The molecule has 19 heavy (non-hydrogen) atoms. The fraction of sp³-hybridized carbons (Fsp3) is 0.333. The molecule has 98 valence electrons. The SMILES string of the molecule is CCOc1ccc(C(C#N)c2nccn2C)cc1C. The van der Waals surface area contributed by atoms with Crippen molar-refractivity contribution in [2.45, 2.75) is 19.8 Å². The van der Waals surface area contributed by atoms with Crippen molar-refractivity contribution in [3.05, 3.63) is 47.5 Å². The van der Waals surface area contributed by atoms with Gasteiger partial charge < -0.3 is 9.30 Å². The van der Waals surface area contributed by atoms with Gasteiger partial charge >= 0.3 is 0 Å². The molecule has 1 aromatic heterocycles. The highest BCUT2D eigenvalue weighted by atomic mass is 16.5. The summed E-state index contributed by atoms with van der Waals surface area (Å²) in [4.78, 5) is 4.26. The summed E-state index contributed by atoms with van der Waals surface area (Å²) in [6.45, 7) is 4.59. The highest BCUT2D eigenvalue weighted by Crippen LogP contribution is 2.27. The second kappa shape index (κ2) is 5.57. The topological polar surface area (TPSA) is 50.8 Å². The van der Waals surface area contributed by atoms with Crippen molar-refractivity contribution in [3.63, 3.8) is 0 Å². The van der Waals surface area contributed by atoms with Crippen LogP contribution in [0.15, 0.2) is 30.6 Å². The molecule has 0 N–H and O–H groups in total. The van der Waals surface area contributed by atoms with Gasteiger partial charge in [0.05, 0.1) is 12.7 Å². The summed E-state index contributed by atoms with van der Waals surface area (Å²) in [6, 6.07) is 8.16. The van der Waals surface area contributed by atoms with Crippen molar-refractivity contribution >= 4 is 0 Å². The molecule has 4 nitrogen and oxygen atoms in total. The second-order valence-electron chi connectivity index (χ2n) is 4.42. The number of ether oxygens (including phenoxy) is 1. The monoisotopic (exact) mass is 255 g/mol. The first-order valence-electron chi connectivity index (χ1n) is 6.27. The first kappa shape index (κ1) is 13.2. The highest BCUT2D eigenvalue weighted by molar-refractivity contribution is 5.41. The summed E-state index contributed by atoms with van der Waals surface area (Å²) in [7, 11) is 1.90. The minimum absolute atomic E-state index is 0.352. The molecule has 0 aliphatic carbocycles. The zero-order chi connectivity index (χ0) is 13.8. The van der Waals surface area contributed by atoms with Gasteiger partial charge in [0.1, 0.15) is 17.5 Å². The summed E-state index contributed by atoms with van der Waals surface area (Å²) in [5.74, 6) is 1.27. The number of hydrogen-bond donors (Lipinski definition) is 0. The molecule has 0 saturated heterocycles. The Bertz CT molecular complexity index is 610. The normalized spacial score (nSPS) is 11.9. The van der Waals surface area contributed by atoms with E-state index in [1.54, 1.807) is 6.20 Å². The number of nitrogens with zero attached hydrogens (tertiary/aromatic N) is 3. The van der Waals surface area contributed by atoms with Crippen LogP contribution in [0.2, 0.25) is 0 Å². The maximum absolute atomic E-state index is 9.40. The van der Waals surface area contributed by atoms with Gasteiger partial charge in [0.25, 0.3) is 0 Å². The lowest BCUT2D eigenvalue weighted by Crippen LogP contribution is -2.06. The van der Waals surface area contributed by atoms with Gasteiger partial charge in [-0.15, -0.1) is 0 Å². The third-order valence-corrected chi connectivity index (χ3v) is 3.08. The van der Waals surface area contributed by atoms with Gasteiger partial charge in [0.2, 0.25) is 0 Å². The summed E-state index contributed by atoms with van der Waals surface area (Å²) < 4.78 is 7.39. The zero-order valence-corrected chi connectivity index (χ0v) is 11.4. The smallest absolute Gasteiger partial charge is 0.130 e.